The lowest BCUT2D eigenvalue weighted by molar-refractivity contribution is 0.0989. The third-order valence-corrected chi connectivity index (χ3v) is 5.87. The van der Waals surface area contributed by atoms with Crippen molar-refractivity contribution in [3.05, 3.63) is 44.6 Å². The number of aromatic nitrogens is 1. The number of amides is 1. The van der Waals surface area contributed by atoms with Gasteiger partial charge in [0.05, 0.1) is 19.4 Å². The van der Waals surface area contributed by atoms with Crippen molar-refractivity contribution in [3.8, 4) is 0 Å². The van der Waals surface area contributed by atoms with Gasteiger partial charge < -0.3 is 4.90 Å². The Morgan fingerprint density at radius 2 is 1.88 bits per heavy atom. The molecule has 0 saturated carbocycles. The van der Waals surface area contributed by atoms with E-state index in [1.807, 2.05) is 31.1 Å². The summed E-state index contributed by atoms with van der Waals surface area (Å²) in [4.78, 5) is 21.9. The smallest absolute Gasteiger partial charge is 0.270 e. The largest absolute Gasteiger partial charge is 0.308 e. The molecule has 25 heavy (non-hydrogen) atoms. The van der Waals surface area contributed by atoms with Crippen LogP contribution in [0.4, 0.5) is 5.13 Å². The molecule has 0 radical (unpaired) electrons. The highest BCUT2D eigenvalue weighted by atomic mass is 35.5. The van der Waals surface area contributed by atoms with Gasteiger partial charge in [0.15, 0.2) is 5.13 Å². The molecule has 0 N–H and O–H groups in total. The van der Waals surface area contributed by atoms with Crippen LogP contribution in [-0.2, 0) is 0 Å². The fourth-order valence-electron chi connectivity index (χ4n) is 2.15. The van der Waals surface area contributed by atoms with Crippen molar-refractivity contribution in [2.24, 2.45) is 0 Å². The van der Waals surface area contributed by atoms with Crippen molar-refractivity contribution < 1.29 is 4.79 Å². The normalized spacial score (nSPS) is 10.9. The van der Waals surface area contributed by atoms with Crippen molar-refractivity contribution >= 4 is 79.5 Å². The summed E-state index contributed by atoms with van der Waals surface area (Å²) < 4.78 is 1.56. The average molecular weight is 437 g/mol. The highest BCUT2D eigenvalue weighted by molar-refractivity contribution is 7.22. The fraction of sp³-hybridized carbons (Fsp3) is 0.250. The van der Waals surface area contributed by atoms with Crippen LogP contribution in [0, 0.1) is 0 Å². The first-order valence-corrected chi connectivity index (χ1v) is 9.61. The van der Waals surface area contributed by atoms with Crippen molar-refractivity contribution in [2.45, 2.75) is 0 Å². The minimum atomic E-state index is -0.0843. The molecule has 0 aliphatic carbocycles. The molecular weight excluding hydrogens is 421 g/mol. The Morgan fingerprint density at radius 1 is 1.12 bits per heavy atom. The van der Waals surface area contributed by atoms with E-state index in [2.05, 4.69) is 4.98 Å². The maximum atomic E-state index is 12.9. The Labute approximate surface area is 170 Å². The number of anilines is 1. The van der Waals surface area contributed by atoms with E-state index in [-0.39, 0.29) is 18.3 Å². The van der Waals surface area contributed by atoms with Crippen LogP contribution in [-0.4, -0.2) is 43.0 Å². The standard InChI is InChI=1S/C16H15Cl2N3OS2.ClH/c1-20(2)7-8-21(15(22)12-5-6-14(18)23-12)16-19-11-4-3-10(17)9-13(11)24-16;/h3-6,9H,7-8H2,1-2H3;1H. The van der Waals surface area contributed by atoms with Crippen LogP contribution in [0.15, 0.2) is 30.3 Å². The zero-order valence-electron chi connectivity index (χ0n) is 13.5. The van der Waals surface area contributed by atoms with E-state index in [0.717, 1.165) is 16.8 Å². The van der Waals surface area contributed by atoms with Gasteiger partial charge in [-0.05, 0) is 44.4 Å². The Balaban J connectivity index is 0.00000225. The molecule has 2 heterocycles. The number of carbonyl (C=O) groups is 1. The third-order valence-electron chi connectivity index (χ3n) is 3.37. The highest BCUT2D eigenvalue weighted by Gasteiger charge is 2.22. The lowest BCUT2D eigenvalue weighted by Gasteiger charge is -2.21. The second-order valence-corrected chi connectivity index (χ2v) is 8.63. The van der Waals surface area contributed by atoms with E-state index in [9.17, 15) is 4.79 Å². The summed E-state index contributed by atoms with van der Waals surface area (Å²) in [5.41, 5.74) is 0.839. The minimum absolute atomic E-state index is 0. The molecule has 1 amide bonds. The molecule has 0 atom stereocenters. The fourth-order valence-corrected chi connectivity index (χ4v) is 4.41. The average Bonchev–Trinajstić information content (AvgIpc) is 3.12. The van der Waals surface area contributed by atoms with Crippen molar-refractivity contribution in [1.29, 1.82) is 0 Å². The van der Waals surface area contributed by atoms with Crippen LogP contribution in [0.1, 0.15) is 9.67 Å². The number of fused-ring (bicyclic) bond motifs is 1. The molecule has 2 aromatic heterocycles. The number of benzene rings is 1. The second-order valence-electron chi connectivity index (χ2n) is 5.47. The molecule has 0 unspecified atom stereocenters. The quantitative estimate of drug-likeness (QED) is 0.545. The molecule has 9 heteroatoms. The number of rotatable bonds is 5. The molecule has 3 aromatic rings. The van der Waals surface area contributed by atoms with Crippen LogP contribution in [0.3, 0.4) is 0 Å². The van der Waals surface area contributed by atoms with Crippen LogP contribution in [0.5, 0.6) is 0 Å². The van der Waals surface area contributed by atoms with Crippen LogP contribution in [0.2, 0.25) is 9.36 Å². The molecular formula is C16H16Cl3N3OS2. The van der Waals surface area contributed by atoms with Crippen molar-refractivity contribution in [1.82, 2.24) is 9.88 Å². The van der Waals surface area contributed by atoms with Gasteiger partial charge in [0.1, 0.15) is 0 Å². The highest BCUT2D eigenvalue weighted by Crippen LogP contribution is 2.32. The zero-order valence-corrected chi connectivity index (χ0v) is 17.5. The molecule has 134 valence electrons. The van der Waals surface area contributed by atoms with Gasteiger partial charge in [-0.1, -0.05) is 34.5 Å². The molecule has 0 aliphatic rings. The Bertz CT molecular complexity index is 879. The summed E-state index contributed by atoms with van der Waals surface area (Å²) in [5.74, 6) is -0.0843. The van der Waals surface area contributed by atoms with Gasteiger partial charge >= 0.3 is 0 Å². The number of hydrogen-bond donors (Lipinski definition) is 0. The van der Waals surface area contributed by atoms with E-state index in [1.54, 1.807) is 23.1 Å². The van der Waals surface area contributed by atoms with Gasteiger partial charge in [-0.15, -0.1) is 23.7 Å². The van der Waals surface area contributed by atoms with E-state index < -0.39 is 0 Å². The minimum Gasteiger partial charge on any atom is -0.308 e. The van der Waals surface area contributed by atoms with Gasteiger partial charge in [-0.2, -0.15) is 0 Å². The molecule has 0 spiro atoms. The maximum absolute atomic E-state index is 12.9. The predicted molar refractivity (Wildman–Crippen MR) is 111 cm³/mol. The SMILES string of the molecule is CN(C)CCN(C(=O)c1ccc(Cl)s1)c1nc2ccc(Cl)cc2s1.Cl. The summed E-state index contributed by atoms with van der Waals surface area (Å²) in [7, 11) is 3.95. The summed E-state index contributed by atoms with van der Waals surface area (Å²) in [6.07, 6.45) is 0. The first-order valence-electron chi connectivity index (χ1n) is 7.22. The number of nitrogens with zero attached hydrogens (tertiary/aromatic N) is 3. The van der Waals surface area contributed by atoms with Crippen molar-refractivity contribution in [2.75, 3.05) is 32.1 Å². The summed E-state index contributed by atoms with van der Waals surface area (Å²) >= 11 is 14.8. The molecule has 0 aliphatic heterocycles. The molecule has 0 bridgehead atoms. The van der Waals surface area contributed by atoms with Crippen LogP contribution in [0.25, 0.3) is 10.2 Å². The summed E-state index contributed by atoms with van der Waals surface area (Å²) in [6, 6.07) is 9.03. The van der Waals surface area contributed by atoms with Gasteiger partial charge in [0.2, 0.25) is 0 Å². The number of hydrogen-bond acceptors (Lipinski definition) is 5. The van der Waals surface area contributed by atoms with Crippen LogP contribution >= 0.6 is 58.3 Å². The van der Waals surface area contributed by atoms with Gasteiger partial charge in [-0.3, -0.25) is 9.69 Å². The monoisotopic (exact) mass is 435 g/mol. The van der Waals surface area contributed by atoms with E-state index >= 15 is 0 Å². The topological polar surface area (TPSA) is 36.4 Å². The zero-order chi connectivity index (χ0) is 17.3. The lowest BCUT2D eigenvalue weighted by atomic mass is 10.3. The third kappa shape index (κ3) is 4.84. The Morgan fingerprint density at radius 3 is 2.52 bits per heavy atom. The Kier molecular flexibility index (Phi) is 7.08. The predicted octanol–water partition coefficient (Wildman–Crippen LogP) is 5.29. The summed E-state index contributed by atoms with van der Waals surface area (Å²) in [6.45, 7) is 1.29. The second kappa shape index (κ2) is 8.66. The molecule has 0 fully saturated rings. The number of thiophene rings is 1. The summed E-state index contributed by atoms with van der Waals surface area (Å²) in [5, 5.41) is 1.33. The molecule has 0 saturated heterocycles. The van der Waals surface area contributed by atoms with E-state index in [4.69, 9.17) is 23.2 Å². The van der Waals surface area contributed by atoms with Gasteiger partial charge in [-0.25, -0.2) is 4.98 Å². The number of halogens is 3. The first-order chi connectivity index (χ1) is 11.4. The van der Waals surface area contributed by atoms with Gasteiger partial charge in [0.25, 0.3) is 5.91 Å². The number of thiazole rings is 1. The number of carbonyl (C=O) groups excluding carboxylic acids is 1. The first kappa shape index (κ1) is 20.4. The molecule has 4 nitrogen and oxygen atoms in total. The van der Waals surface area contributed by atoms with E-state index in [0.29, 0.717) is 25.9 Å². The van der Waals surface area contributed by atoms with Crippen LogP contribution < -0.4 is 4.90 Å². The van der Waals surface area contributed by atoms with Gasteiger partial charge in [0, 0.05) is 18.1 Å². The van der Waals surface area contributed by atoms with E-state index in [1.165, 1.54) is 22.7 Å². The van der Waals surface area contributed by atoms with Crippen molar-refractivity contribution in [3.63, 3.8) is 0 Å². The molecule has 3 rings (SSSR count). The molecule has 1 aromatic carbocycles. The maximum Gasteiger partial charge on any atom is 0.270 e. The Hall–Kier alpha value is -0.890. The lowest BCUT2D eigenvalue weighted by Crippen LogP contribution is -2.36. The number of likely N-dealkylation sites (N-methyl/N-ethyl adjacent to an activating group) is 1.